The Balaban J connectivity index is 1.92. The van der Waals surface area contributed by atoms with Gasteiger partial charge in [-0.2, -0.15) is 0 Å². The number of ether oxygens (including phenoxy) is 1. The summed E-state index contributed by atoms with van der Waals surface area (Å²) in [6.07, 6.45) is 3.19. The average molecular weight is 327 g/mol. The number of benzene rings is 1. The van der Waals surface area contributed by atoms with E-state index < -0.39 is 5.97 Å². The predicted molar refractivity (Wildman–Crippen MR) is 91.2 cm³/mol. The normalized spacial score (nSPS) is 10.3. The third kappa shape index (κ3) is 4.38. The molecule has 126 valence electrons. The monoisotopic (exact) mass is 327 g/mol. The molecule has 0 bridgehead atoms. The number of hydrogen-bond acceptors (Lipinski definition) is 6. The molecular formula is C18H21N3O3. The van der Waals surface area contributed by atoms with E-state index in [0.717, 1.165) is 16.7 Å². The minimum Gasteiger partial charge on any atom is -0.456 e. The highest BCUT2D eigenvalue weighted by Gasteiger charge is 2.15. The molecule has 0 aliphatic carbocycles. The van der Waals surface area contributed by atoms with Crippen LogP contribution < -0.4 is 4.90 Å². The number of esters is 1. The van der Waals surface area contributed by atoms with Crippen LogP contribution in [0.2, 0.25) is 0 Å². The van der Waals surface area contributed by atoms with Gasteiger partial charge in [-0.25, -0.2) is 9.97 Å². The van der Waals surface area contributed by atoms with Crippen molar-refractivity contribution in [1.29, 1.82) is 0 Å². The van der Waals surface area contributed by atoms with Gasteiger partial charge in [0.2, 0.25) is 11.7 Å². The second-order valence-corrected chi connectivity index (χ2v) is 5.74. The summed E-state index contributed by atoms with van der Waals surface area (Å²) in [5, 5.41) is 0. The summed E-state index contributed by atoms with van der Waals surface area (Å²) in [5.41, 5.74) is 3.64. The third-order valence-corrected chi connectivity index (χ3v) is 3.77. The Kier molecular flexibility index (Phi) is 5.63. The summed E-state index contributed by atoms with van der Waals surface area (Å²) in [5.74, 6) is -0.284. The summed E-state index contributed by atoms with van der Waals surface area (Å²) in [6, 6.07) is 5.50. The van der Waals surface area contributed by atoms with Crippen LogP contribution in [0.15, 0.2) is 30.6 Å². The second kappa shape index (κ2) is 7.68. The van der Waals surface area contributed by atoms with E-state index in [9.17, 15) is 9.59 Å². The lowest BCUT2D eigenvalue weighted by Crippen LogP contribution is -2.29. The maximum Gasteiger partial charge on any atom is 0.326 e. The zero-order valence-electron chi connectivity index (χ0n) is 14.4. The van der Waals surface area contributed by atoms with E-state index in [-0.39, 0.29) is 18.9 Å². The average Bonchev–Trinajstić information content (AvgIpc) is 2.56. The summed E-state index contributed by atoms with van der Waals surface area (Å²) in [6.45, 7) is 5.53. The number of ketones is 1. The molecule has 1 aromatic heterocycles. The highest BCUT2D eigenvalue weighted by molar-refractivity contribution is 5.99. The number of Topliss-reactive ketones (excluding diaryl/α,β-unsaturated/α-hetero) is 1. The molecule has 0 aliphatic rings. The van der Waals surface area contributed by atoms with Crippen LogP contribution in [-0.4, -0.2) is 41.9 Å². The Bertz CT molecular complexity index is 745. The van der Waals surface area contributed by atoms with Gasteiger partial charge in [0.05, 0.1) is 0 Å². The van der Waals surface area contributed by atoms with E-state index in [1.165, 1.54) is 0 Å². The quantitative estimate of drug-likeness (QED) is 0.598. The van der Waals surface area contributed by atoms with Crippen LogP contribution in [0.4, 0.5) is 5.95 Å². The van der Waals surface area contributed by atoms with Crippen LogP contribution in [0.3, 0.4) is 0 Å². The zero-order valence-corrected chi connectivity index (χ0v) is 14.4. The number of aryl methyl sites for hydroxylation is 3. The molecule has 24 heavy (non-hydrogen) atoms. The highest BCUT2D eigenvalue weighted by Crippen LogP contribution is 2.16. The molecule has 0 radical (unpaired) electrons. The number of nitrogens with zero attached hydrogens (tertiary/aromatic N) is 3. The van der Waals surface area contributed by atoms with Crippen molar-refractivity contribution < 1.29 is 14.3 Å². The fraction of sp³-hybridized carbons (Fsp3) is 0.333. The van der Waals surface area contributed by atoms with E-state index in [4.69, 9.17) is 4.74 Å². The number of carbonyl (C=O) groups is 2. The van der Waals surface area contributed by atoms with Crippen LogP contribution in [0, 0.1) is 20.8 Å². The SMILES string of the molecule is Cc1cc(C)c(C(=O)COC(=O)CN(C)c2ncccn2)cc1C. The molecule has 2 rings (SSSR count). The fourth-order valence-electron chi connectivity index (χ4n) is 2.28. The standard InChI is InChI=1S/C18H21N3O3/c1-12-8-14(3)15(9-13(12)2)16(22)11-24-17(23)10-21(4)18-19-6-5-7-20-18/h5-9H,10-11H2,1-4H3. The van der Waals surface area contributed by atoms with Gasteiger partial charge < -0.3 is 9.64 Å². The van der Waals surface area contributed by atoms with Gasteiger partial charge in [-0.15, -0.1) is 0 Å². The summed E-state index contributed by atoms with van der Waals surface area (Å²) in [7, 11) is 1.69. The molecule has 0 spiro atoms. The van der Waals surface area contributed by atoms with Gasteiger partial charge >= 0.3 is 5.97 Å². The first kappa shape index (κ1) is 17.6. The molecule has 0 atom stereocenters. The Morgan fingerprint density at radius 3 is 2.33 bits per heavy atom. The molecule has 1 aromatic carbocycles. The number of carbonyl (C=O) groups excluding carboxylic acids is 2. The minimum atomic E-state index is -0.500. The molecule has 0 aliphatic heterocycles. The maximum atomic E-state index is 12.3. The maximum absolute atomic E-state index is 12.3. The summed E-state index contributed by atoms with van der Waals surface area (Å²) in [4.78, 5) is 33.8. The molecule has 2 aromatic rings. The van der Waals surface area contributed by atoms with Crippen molar-refractivity contribution in [3.63, 3.8) is 0 Å². The molecule has 0 unspecified atom stereocenters. The third-order valence-electron chi connectivity index (χ3n) is 3.77. The van der Waals surface area contributed by atoms with Gasteiger partial charge in [-0.05, 0) is 49.6 Å². The van der Waals surface area contributed by atoms with Crippen molar-refractivity contribution in [2.45, 2.75) is 20.8 Å². The van der Waals surface area contributed by atoms with Crippen molar-refractivity contribution >= 4 is 17.7 Å². The van der Waals surface area contributed by atoms with Gasteiger partial charge in [0, 0.05) is 25.0 Å². The molecule has 0 amide bonds. The Morgan fingerprint density at radius 1 is 1.04 bits per heavy atom. The van der Waals surface area contributed by atoms with E-state index in [0.29, 0.717) is 11.5 Å². The number of likely N-dealkylation sites (N-methyl/N-ethyl adjacent to an activating group) is 1. The number of anilines is 1. The molecule has 0 fully saturated rings. The number of hydrogen-bond donors (Lipinski definition) is 0. The molecule has 0 N–H and O–H groups in total. The van der Waals surface area contributed by atoms with Crippen molar-refractivity contribution in [2.75, 3.05) is 25.1 Å². The fourth-order valence-corrected chi connectivity index (χ4v) is 2.28. The van der Waals surface area contributed by atoms with Crippen LogP contribution in [-0.2, 0) is 9.53 Å². The number of aromatic nitrogens is 2. The van der Waals surface area contributed by atoms with Gasteiger partial charge in [0.1, 0.15) is 6.54 Å². The largest absolute Gasteiger partial charge is 0.456 e. The first-order chi connectivity index (χ1) is 11.4. The minimum absolute atomic E-state index is 0.0246. The van der Waals surface area contributed by atoms with Crippen molar-refractivity contribution in [2.24, 2.45) is 0 Å². The topological polar surface area (TPSA) is 72.4 Å². The first-order valence-corrected chi connectivity index (χ1v) is 7.63. The predicted octanol–water partition coefficient (Wildman–Crippen LogP) is 2.26. The van der Waals surface area contributed by atoms with Crippen LogP contribution in [0.1, 0.15) is 27.0 Å². The zero-order chi connectivity index (χ0) is 17.7. The summed E-state index contributed by atoms with van der Waals surface area (Å²) >= 11 is 0. The molecule has 0 saturated carbocycles. The van der Waals surface area contributed by atoms with Crippen molar-refractivity contribution in [3.8, 4) is 0 Å². The Morgan fingerprint density at radius 2 is 1.67 bits per heavy atom. The van der Waals surface area contributed by atoms with Crippen molar-refractivity contribution in [3.05, 3.63) is 52.8 Å². The van der Waals surface area contributed by atoms with Crippen LogP contribution >= 0.6 is 0 Å². The second-order valence-electron chi connectivity index (χ2n) is 5.74. The molecule has 0 saturated heterocycles. The van der Waals surface area contributed by atoms with Crippen molar-refractivity contribution in [1.82, 2.24) is 9.97 Å². The van der Waals surface area contributed by atoms with Crippen LogP contribution in [0.5, 0.6) is 0 Å². The lowest BCUT2D eigenvalue weighted by Gasteiger charge is -2.15. The van der Waals surface area contributed by atoms with Gasteiger partial charge in [-0.1, -0.05) is 6.07 Å². The highest BCUT2D eigenvalue weighted by atomic mass is 16.5. The smallest absolute Gasteiger partial charge is 0.326 e. The summed E-state index contributed by atoms with van der Waals surface area (Å²) < 4.78 is 5.09. The van der Waals surface area contributed by atoms with Gasteiger partial charge in [-0.3, -0.25) is 9.59 Å². The Hall–Kier alpha value is -2.76. The lowest BCUT2D eigenvalue weighted by atomic mass is 9.98. The molecular weight excluding hydrogens is 306 g/mol. The first-order valence-electron chi connectivity index (χ1n) is 7.63. The van der Waals surface area contributed by atoms with Crippen LogP contribution in [0.25, 0.3) is 0 Å². The van der Waals surface area contributed by atoms with Gasteiger partial charge in [0.15, 0.2) is 6.61 Å². The molecule has 6 nitrogen and oxygen atoms in total. The Labute approximate surface area is 141 Å². The molecule has 1 heterocycles. The van der Waals surface area contributed by atoms with E-state index in [1.807, 2.05) is 32.9 Å². The lowest BCUT2D eigenvalue weighted by molar-refractivity contribution is -0.140. The van der Waals surface area contributed by atoms with E-state index in [2.05, 4.69) is 9.97 Å². The number of rotatable bonds is 6. The molecule has 6 heteroatoms. The van der Waals surface area contributed by atoms with E-state index in [1.54, 1.807) is 30.4 Å². The van der Waals surface area contributed by atoms with E-state index >= 15 is 0 Å². The van der Waals surface area contributed by atoms with Gasteiger partial charge in [0.25, 0.3) is 0 Å².